The first-order chi connectivity index (χ1) is 17.4. The number of aliphatic imine (C=N–C) groups is 1. The lowest BCUT2D eigenvalue weighted by atomic mass is 9.80. The number of benzene rings is 2. The Morgan fingerprint density at radius 3 is 2.81 bits per heavy atom. The van der Waals surface area contributed by atoms with Crippen LogP contribution in [0.2, 0.25) is 0 Å². The molecule has 3 heterocycles. The molecule has 0 aliphatic carbocycles. The van der Waals surface area contributed by atoms with Crippen LogP contribution in [0.1, 0.15) is 24.0 Å². The Bertz CT molecular complexity index is 1330. The molecule has 3 aromatic rings. The van der Waals surface area contributed by atoms with E-state index in [1.807, 2.05) is 37.3 Å². The topological polar surface area (TPSA) is 147 Å². The summed E-state index contributed by atoms with van der Waals surface area (Å²) in [7, 11) is 0. The number of rotatable bonds is 7. The number of hydrogen-bond donors (Lipinski definition) is 5. The van der Waals surface area contributed by atoms with Crippen molar-refractivity contribution in [3.63, 3.8) is 0 Å². The molecule has 1 saturated heterocycles. The Labute approximate surface area is 216 Å². The van der Waals surface area contributed by atoms with Crippen molar-refractivity contribution in [1.82, 2.24) is 20.6 Å². The van der Waals surface area contributed by atoms with Gasteiger partial charge in [-0.15, -0.1) is 0 Å². The van der Waals surface area contributed by atoms with Gasteiger partial charge in [0.15, 0.2) is 11.6 Å². The van der Waals surface area contributed by atoms with Gasteiger partial charge in [0.05, 0.1) is 24.0 Å². The summed E-state index contributed by atoms with van der Waals surface area (Å²) in [5.41, 5.74) is 7.10. The van der Waals surface area contributed by atoms with Crippen LogP contribution in [0, 0.1) is 12.8 Å². The van der Waals surface area contributed by atoms with Crippen molar-refractivity contribution in [1.29, 1.82) is 0 Å². The van der Waals surface area contributed by atoms with E-state index in [4.69, 9.17) is 10.5 Å². The minimum atomic E-state index is -1.53. The van der Waals surface area contributed by atoms with Gasteiger partial charge in [-0.2, -0.15) is 0 Å². The summed E-state index contributed by atoms with van der Waals surface area (Å²) in [4.78, 5) is 37.9. The molecule has 5 rings (SSSR count). The van der Waals surface area contributed by atoms with E-state index in [2.05, 4.69) is 46.8 Å². The molecule has 188 valence electrons. The number of piperidine rings is 1. The van der Waals surface area contributed by atoms with Crippen LogP contribution in [0.25, 0.3) is 11.0 Å². The number of nitrogens with one attached hydrogen (secondary N) is 4. The highest BCUT2D eigenvalue weighted by Gasteiger charge is 2.53. The molecule has 2 aromatic carbocycles. The maximum absolute atomic E-state index is 13.4. The zero-order chi connectivity index (χ0) is 25.3. The second-order valence-corrected chi connectivity index (χ2v) is 10.1. The molecule has 6 N–H and O–H groups in total. The molecule has 2 aliphatic heterocycles. The van der Waals surface area contributed by atoms with E-state index in [-0.39, 0.29) is 5.95 Å². The quantitative estimate of drug-likeness (QED) is 0.303. The second-order valence-electron chi connectivity index (χ2n) is 9.21. The highest BCUT2D eigenvalue weighted by atomic mass is 79.9. The molecular formula is C25H28BrN7O3. The fraction of sp³-hybridized carbons (Fsp3) is 0.360. The van der Waals surface area contributed by atoms with E-state index in [9.17, 15) is 9.59 Å². The summed E-state index contributed by atoms with van der Waals surface area (Å²) in [5.74, 6) is 0.304. The molecule has 1 fully saturated rings. The van der Waals surface area contributed by atoms with Crippen LogP contribution in [-0.4, -0.2) is 53.9 Å². The average molecular weight is 554 g/mol. The third-order valence-corrected chi connectivity index (χ3v) is 7.32. The lowest BCUT2D eigenvalue weighted by Gasteiger charge is -2.32. The fourth-order valence-corrected chi connectivity index (χ4v) is 5.20. The van der Waals surface area contributed by atoms with E-state index < -0.39 is 23.4 Å². The predicted octanol–water partition coefficient (Wildman–Crippen LogP) is 2.33. The minimum absolute atomic E-state index is 0.247. The first-order valence-corrected chi connectivity index (χ1v) is 12.7. The highest BCUT2D eigenvalue weighted by Crippen LogP contribution is 2.34. The molecule has 0 saturated carbocycles. The number of H-pyrrole nitrogens is 1. The summed E-state index contributed by atoms with van der Waals surface area (Å²) in [6.45, 7) is 4.57. The summed E-state index contributed by atoms with van der Waals surface area (Å²) < 4.78 is 6.76. The van der Waals surface area contributed by atoms with Gasteiger partial charge < -0.3 is 26.1 Å². The van der Waals surface area contributed by atoms with Gasteiger partial charge in [-0.05, 0) is 74.2 Å². The number of fused-ring (bicyclic) bond motifs is 1. The van der Waals surface area contributed by atoms with E-state index in [1.165, 1.54) is 6.34 Å². The van der Waals surface area contributed by atoms with Gasteiger partial charge in [0.1, 0.15) is 5.75 Å². The number of amides is 2. The Kier molecular flexibility index (Phi) is 6.67. The number of carbonyl (C=O) groups is 2. The number of nitrogens with two attached hydrogens (primary N) is 1. The van der Waals surface area contributed by atoms with Crippen LogP contribution in [0.5, 0.6) is 5.75 Å². The Morgan fingerprint density at radius 2 is 2.03 bits per heavy atom. The van der Waals surface area contributed by atoms with E-state index in [0.717, 1.165) is 47.2 Å². The molecule has 2 aliphatic rings. The van der Waals surface area contributed by atoms with Crippen molar-refractivity contribution >= 4 is 51.1 Å². The van der Waals surface area contributed by atoms with E-state index in [0.29, 0.717) is 23.6 Å². The monoisotopic (exact) mass is 553 g/mol. The Balaban J connectivity index is 1.34. The summed E-state index contributed by atoms with van der Waals surface area (Å²) in [6.07, 6.45) is 3.56. The molecule has 36 heavy (non-hydrogen) atoms. The molecule has 1 aromatic heterocycles. The average Bonchev–Trinajstić information content (AvgIpc) is 3.49. The van der Waals surface area contributed by atoms with Gasteiger partial charge in [-0.3, -0.25) is 19.9 Å². The van der Waals surface area contributed by atoms with Crippen LogP contribution in [0.4, 0.5) is 5.95 Å². The van der Waals surface area contributed by atoms with Gasteiger partial charge in [0, 0.05) is 10.5 Å². The molecule has 2 amide bonds. The molecule has 11 heteroatoms. The number of primary amides is 1. The van der Waals surface area contributed by atoms with Gasteiger partial charge in [-0.25, -0.2) is 4.98 Å². The van der Waals surface area contributed by atoms with Gasteiger partial charge in [0.25, 0.3) is 11.8 Å². The van der Waals surface area contributed by atoms with Crippen LogP contribution >= 0.6 is 15.9 Å². The molecule has 0 spiro atoms. The predicted molar refractivity (Wildman–Crippen MR) is 141 cm³/mol. The summed E-state index contributed by atoms with van der Waals surface area (Å²) in [5, 5.41) is 9.07. The highest BCUT2D eigenvalue weighted by molar-refractivity contribution is 9.10. The number of halogens is 1. The van der Waals surface area contributed by atoms with E-state index >= 15 is 0 Å². The molecule has 2 atom stereocenters. The van der Waals surface area contributed by atoms with Crippen molar-refractivity contribution in [3.05, 3.63) is 52.0 Å². The smallest absolute Gasteiger partial charge is 0.254 e. The summed E-state index contributed by atoms with van der Waals surface area (Å²) in [6, 6.07) is 9.93. The lowest BCUT2D eigenvalue weighted by Crippen LogP contribution is -2.59. The zero-order valence-corrected chi connectivity index (χ0v) is 21.4. The number of aromatic amines is 1. The van der Waals surface area contributed by atoms with Crippen LogP contribution in [0.15, 0.2) is 45.9 Å². The molecule has 2 unspecified atom stereocenters. The number of carbonyl (C=O) groups excluding carboxylic acids is 2. The number of aryl methyl sites for hydroxylation is 1. The third kappa shape index (κ3) is 4.56. The van der Waals surface area contributed by atoms with Crippen LogP contribution in [-0.2, 0) is 15.1 Å². The lowest BCUT2D eigenvalue weighted by molar-refractivity contribution is -0.129. The largest absolute Gasteiger partial charge is 0.493 e. The number of imidazole rings is 1. The molecule has 10 nitrogen and oxygen atoms in total. The Morgan fingerprint density at radius 1 is 1.22 bits per heavy atom. The molecular weight excluding hydrogens is 526 g/mol. The Hall–Kier alpha value is -3.44. The number of nitrogens with zero attached hydrogens (tertiary/aromatic N) is 2. The zero-order valence-electron chi connectivity index (χ0n) is 19.8. The van der Waals surface area contributed by atoms with Crippen LogP contribution < -0.4 is 26.4 Å². The molecule has 0 radical (unpaired) electrons. The second kappa shape index (κ2) is 9.90. The van der Waals surface area contributed by atoms with Crippen molar-refractivity contribution in [2.24, 2.45) is 16.6 Å². The van der Waals surface area contributed by atoms with Gasteiger partial charge in [-0.1, -0.05) is 22.0 Å². The summed E-state index contributed by atoms with van der Waals surface area (Å²) >= 11 is 3.44. The maximum atomic E-state index is 13.4. The van der Waals surface area contributed by atoms with E-state index in [1.54, 1.807) is 6.07 Å². The normalized spacial score (nSPS) is 21.9. The minimum Gasteiger partial charge on any atom is -0.493 e. The van der Waals surface area contributed by atoms with Crippen molar-refractivity contribution in [2.75, 3.05) is 25.0 Å². The van der Waals surface area contributed by atoms with Gasteiger partial charge in [0.2, 0.25) is 5.95 Å². The molecule has 0 bridgehead atoms. The number of hydrogen-bond acceptors (Lipinski definition) is 7. The number of ether oxygens (including phenoxy) is 1. The fourth-order valence-electron chi connectivity index (χ4n) is 4.84. The third-order valence-electron chi connectivity index (χ3n) is 6.83. The SMILES string of the molecule is Cc1ccc(Br)cc1C1(C(N)=O)NC=NC1C(=O)Nc1nc2ccc(OCC3CCNCC3)cc2[nH]1. The standard InChI is InChI=1S/C25H28BrN7O3/c1-14-2-3-16(26)10-18(14)25(23(27)35)21(29-13-30-25)22(34)33-24-31-19-5-4-17(11-20(19)32-24)36-12-15-6-8-28-9-7-15/h2-5,10-11,13,15,21,28H,6-9,12H2,1H3,(H2,27,35)(H,29,30)(H2,31,32,33,34). The van der Waals surface area contributed by atoms with Crippen molar-refractivity contribution in [2.45, 2.75) is 31.3 Å². The van der Waals surface area contributed by atoms with Crippen LogP contribution in [0.3, 0.4) is 0 Å². The number of anilines is 1. The van der Waals surface area contributed by atoms with Gasteiger partial charge >= 0.3 is 0 Å². The first kappa shape index (κ1) is 24.3. The van der Waals surface area contributed by atoms with Crippen molar-refractivity contribution < 1.29 is 14.3 Å². The number of aromatic nitrogens is 2. The first-order valence-electron chi connectivity index (χ1n) is 11.9. The van der Waals surface area contributed by atoms with Crippen molar-refractivity contribution in [3.8, 4) is 5.75 Å². The maximum Gasteiger partial charge on any atom is 0.254 e.